The second-order valence-electron chi connectivity index (χ2n) is 6.80. The van der Waals surface area contributed by atoms with Crippen molar-refractivity contribution in [1.82, 2.24) is 30.7 Å². The van der Waals surface area contributed by atoms with E-state index < -0.39 is 0 Å². The average molecular weight is 334 g/mol. The van der Waals surface area contributed by atoms with Gasteiger partial charge >= 0.3 is 6.03 Å². The Morgan fingerprint density at radius 3 is 2.58 bits per heavy atom. The summed E-state index contributed by atoms with van der Waals surface area (Å²) in [5.41, 5.74) is 0. The molecule has 1 saturated heterocycles. The number of nitrogens with one attached hydrogen (secondary N) is 3. The van der Waals surface area contributed by atoms with Crippen molar-refractivity contribution in [2.24, 2.45) is 0 Å². The van der Waals surface area contributed by atoms with Gasteiger partial charge in [-0.25, -0.2) is 9.78 Å². The third-order valence-corrected chi connectivity index (χ3v) is 5.20. The first-order chi connectivity index (χ1) is 11.6. The summed E-state index contributed by atoms with van der Waals surface area (Å²) in [6.45, 7) is 3.47. The van der Waals surface area contributed by atoms with E-state index in [4.69, 9.17) is 0 Å². The number of carbonyl (C=O) groups is 2. The number of aromatic nitrogens is 3. The molecule has 1 aromatic heterocycles. The van der Waals surface area contributed by atoms with Crippen LogP contribution in [0.4, 0.5) is 4.79 Å². The molecule has 2 heterocycles. The molecule has 1 aromatic rings. The van der Waals surface area contributed by atoms with Crippen LogP contribution in [0.3, 0.4) is 0 Å². The molecule has 0 spiro atoms. The van der Waals surface area contributed by atoms with Crippen molar-refractivity contribution in [3.8, 4) is 0 Å². The Balaban J connectivity index is 1.43. The zero-order chi connectivity index (χ0) is 16.9. The van der Waals surface area contributed by atoms with Crippen molar-refractivity contribution in [1.29, 1.82) is 0 Å². The average Bonchev–Trinajstić information content (AvgIpc) is 3.27. The largest absolute Gasteiger partial charge is 0.335 e. The van der Waals surface area contributed by atoms with Crippen LogP contribution in [0.2, 0.25) is 0 Å². The van der Waals surface area contributed by atoms with E-state index in [0.717, 1.165) is 57.4 Å². The summed E-state index contributed by atoms with van der Waals surface area (Å²) >= 11 is 0. The van der Waals surface area contributed by atoms with Gasteiger partial charge in [0.1, 0.15) is 12.2 Å². The van der Waals surface area contributed by atoms with Crippen molar-refractivity contribution in [2.45, 2.75) is 63.5 Å². The normalized spacial score (nSPS) is 21.5. The molecule has 1 aliphatic carbocycles. The lowest BCUT2D eigenvalue weighted by atomic mass is 9.95. The van der Waals surface area contributed by atoms with E-state index in [0.29, 0.717) is 5.92 Å². The van der Waals surface area contributed by atoms with Gasteiger partial charge in [-0.3, -0.25) is 20.1 Å². The molecule has 1 aliphatic heterocycles. The lowest BCUT2D eigenvalue weighted by Crippen LogP contribution is -2.52. The smallest absolute Gasteiger partial charge is 0.321 e. The van der Waals surface area contributed by atoms with Crippen LogP contribution in [0.1, 0.15) is 57.2 Å². The highest BCUT2D eigenvalue weighted by atomic mass is 16.2. The second kappa shape index (κ2) is 7.74. The van der Waals surface area contributed by atoms with Crippen LogP contribution in [0.5, 0.6) is 0 Å². The molecule has 1 unspecified atom stereocenters. The third kappa shape index (κ3) is 4.11. The van der Waals surface area contributed by atoms with E-state index in [-0.39, 0.29) is 24.0 Å². The van der Waals surface area contributed by atoms with Gasteiger partial charge in [-0.2, -0.15) is 5.10 Å². The number of aromatic amines is 1. The number of rotatable bonds is 4. The van der Waals surface area contributed by atoms with Crippen LogP contribution in [-0.2, 0) is 4.79 Å². The number of piperidine rings is 1. The SMILES string of the molecule is CC(C(=O)NC(=O)NC1CCCC1)N1CCC(c2ncn[nH]2)CC1. The van der Waals surface area contributed by atoms with Crippen LogP contribution in [0, 0.1) is 0 Å². The van der Waals surface area contributed by atoms with Gasteiger partial charge < -0.3 is 5.32 Å². The Bertz CT molecular complexity index is 547. The molecular weight excluding hydrogens is 308 g/mol. The molecule has 1 saturated carbocycles. The van der Waals surface area contributed by atoms with E-state index in [9.17, 15) is 9.59 Å². The van der Waals surface area contributed by atoms with E-state index in [1.54, 1.807) is 0 Å². The summed E-state index contributed by atoms with van der Waals surface area (Å²) in [6, 6.07) is -0.462. The van der Waals surface area contributed by atoms with Crippen molar-refractivity contribution in [3.05, 3.63) is 12.2 Å². The number of likely N-dealkylation sites (tertiary alicyclic amines) is 1. The molecular formula is C16H26N6O2. The van der Waals surface area contributed by atoms with Crippen LogP contribution in [-0.4, -0.2) is 57.2 Å². The number of imide groups is 1. The topological polar surface area (TPSA) is 103 Å². The summed E-state index contributed by atoms with van der Waals surface area (Å²) in [5.74, 6) is 1.05. The van der Waals surface area contributed by atoms with Crippen LogP contribution in [0.15, 0.2) is 6.33 Å². The molecule has 8 nitrogen and oxygen atoms in total. The molecule has 8 heteroatoms. The molecule has 2 fully saturated rings. The number of hydrogen-bond acceptors (Lipinski definition) is 5. The number of urea groups is 1. The molecule has 1 atom stereocenters. The van der Waals surface area contributed by atoms with E-state index in [2.05, 4.69) is 30.7 Å². The fourth-order valence-corrected chi connectivity index (χ4v) is 3.65. The van der Waals surface area contributed by atoms with Crippen molar-refractivity contribution < 1.29 is 9.59 Å². The molecule has 3 amide bonds. The standard InChI is InChI=1S/C16H26N6O2/c1-11(15(23)20-16(24)19-13-4-2-3-5-13)22-8-6-12(7-9-22)14-17-10-18-21-14/h10-13H,2-9H2,1H3,(H,17,18,21)(H2,19,20,23,24). The molecule has 24 heavy (non-hydrogen) atoms. The molecule has 0 aromatic carbocycles. The van der Waals surface area contributed by atoms with Gasteiger partial charge in [-0.1, -0.05) is 12.8 Å². The highest BCUT2D eigenvalue weighted by molar-refractivity contribution is 5.96. The number of carbonyl (C=O) groups excluding carboxylic acids is 2. The van der Waals surface area contributed by atoms with Crippen LogP contribution >= 0.6 is 0 Å². The van der Waals surface area contributed by atoms with E-state index in [1.165, 1.54) is 6.33 Å². The summed E-state index contributed by atoms with van der Waals surface area (Å²) in [6.07, 6.45) is 7.70. The Labute approximate surface area is 141 Å². The van der Waals surface area contributed by atoms with E-state index >= 15 is 0 Å². The zero-order valence-electron chi connectivity index (χ0n) is 14.1. The quantitative estimate of drug-likeness (QED) is 0.766. The van der Waals surface area contributed by atoms with E-state index in [1.807, 2.05) is 6.92 Å². The van der Waals surface area contributed by atoms with Crippen LogP contribution < -0.4 is 10.6 Å². The van der Waals surface area contributed by atoms with Gasteiger partial charge in [0.15, 0.2) is 0 Å². The maximum atomic E-state index is 12.3. The lowest BCUT2D eigenvalue weighted by molar-refractivity contribution is -0.125. The maximum absolute atomic E-state index is 12.3. The van der Waals surface area contributed by atoms with Crippen molar-refractivity contribution >= 4 is 11.9 Å². The first-order valence-corrected chi connectivity index (χ1v) is 8.84. The second-order valence-corrected chi connectivity index (χ2v) is 6.80. The molecule has 0 bridgehead atoms. The van der Waals surface area contributed by atoms with Gasteiger partial charge in [0, 0.05) is 12.0 Å². The minimum atomic E-state index is -0.365. The third-order valence-electron chi connectivity index (χ3n) is 5.20. The Hall–Kier alpha value is -1.96. The predicted molar refractivity (Wildman–Crippen MR) is 88.3 cm³/mol. The number of amides is 3. The Morgan fingerprint density at radius 2 is 1.96 bits per heavy atom. The fraction of sp³-hybridized carbons (Fsp3) is 0.750. The van der Waals surface area contributed by atoms with Crippen molar-refractivity contribution in [3.63, 3.8) is 0 Å². The molecule has 132 valence electrons. The lowest BCUT2D eigenvalue weighted by Gasteiger charge is -2.34. The fourth-order valence-electron chi connectivity index (χ4n) is 3.65. The monoisotopic (exact) mass is 334 g/mol. The van der Waals surface area contributed by atoms with Gasteiger partial charge in [0.2, 0.25) is 5.91 Å². The minimum Gasteiger partial charge on any atom is -0.335 e. The van der Waals surface area contributed by atoms with Gasteiger partial charge in [0.25, 0.3) is 0 Å². The summed E-state index contributed by atoms with van der Waals surface area (Å²) in [5, 5.41) is 12.2. The summed E-state index contributed by atoms with van der Waals surface area (Å²) in [4.78, 5) is 30.5. The summed E-state index contributed by atoms with van der Waals surface area (Å²) < 4.78 is 0. The molecule has 3 rings (SSSR count). The molecule has 0 radical (unpaired) electrons. The molecule has 3 N–H and O–H groups in total. The minimum absolute atomic E-state index is 0.214. The number of nitrogens with zero attached hydrogens (tertiary/aromatic N) is 3. The first-order valence-electron chi connectivity index (χ1n) is 8.84. The van der Waals surface area contributed by atoms with Gasteiger partial charge in [-0.05, 0) is 45.7 Å². The molecule has 2 aliphatic rings. The Kier molecular flexibility index (Phi) is 5.44. The Morgan fingerprint density at radius 1 is 1.25 bits per heavy atom. The number of H-pyrrole nitrogens is 1. The first kappa shape index (κ1) is 16.9. The highest BCUT2D eigenvalue weighted by Gasteiger charge is 2.29. The predicted octanol–water partition coefficient (Wildman–Crippen LogP) is 1.14. The summed E-state index contributed by atoms with van der Waals surface area (Å²) in [7, 11) is 0. The van der Waals surface area contributed by atoms with Gasteiger partial charge in [-0.15, -0.1) is 0 Å². The van der Waals surface area contributed by atoms with Crippen molar-refractivity contribution in [2.75, 3.05) is 13.1 Å². The zero-order valence-corrected chi connectivity index (χ0v) is 14.1. The highest BCUT2D eigenvalue weighted by Crippen LogP contribution is 2.26. The van der Waals surface area contributed by atoms with Gasteiger partial charge in [0.05, 0.1) is 6.04 Å². The van der Waals surface area contributed by atoms with Crippen LogP contribution in [0.25, 0.3) is 0 Å². The number of hydrogen-bond donors (Lipinski definition) is 3. The maximum Gasteiger partial charge on any atom is 0.321 e.